The van der Waals surface area contributed by atoms with Crippen LogP contribution in [-0.4, -0.2) is 70.3 Å². The topological polar surface area (TPSA) is 73.0 Å². The minimum absolute atomic E-state index is 0.00739. The summed E-state index contributed by atoms with van der Waals surface area (Å²) in [4.78, 5) is 17.8. The van der Waals surface area contributed by atoms with E-state index in [2.05, 4.69) is 15.1 Å². The zero-order chi connectivity index (χ0) is 24.0. The SMILES string of the molecule is CCN(CC)S(=O)(=O)c1ccc(N2CCCC2)c(C(=O)NCC(c2ccccc2)N(C)C)c1. The number of likely N-dealkylation sites (N-methyl/N-ethyl adjacent to an activating group) is 1. The van der Waals surface area contributed by atoms with E-state index in [0.29, 0.717) is 25.2 Å². The van der Waals surface area contributed by atoms with Crippen molar-refractivity contribution in [2.45, 2.75) is 37.6 Å². The third-order valence-corrected chi connectivity index (χ3v) is 8.31. The molecule has 0 aliphatic carbocycles. The number of carbonyl (C=O) groups is 1. The lowest BCUT2D eigenvalue weighted by molar-refractivity contribution is 0.0942. The molecule has 1 N–H and O–H groups in total. The summed E-state index contributed by atoms with van der Waals surface area (Å²) in [7, 11) is 0.307. The second-order valence-corrected chi connectivity index (χ2v) is 10.5. The fourth-order valence-electron chi connectivity index (χ4n) is 4.36. The Kier molecular flexibility index (Phi) is 8.51. The third-order valence-electron chi connectivity index (χ3n) is 6.27. The molecule has 2 aromatic rings. The Morgan fingerprint density at radius 2 is 1.67 bits per heavy atom. The van der Waals surface area contributed by atoms with Gasteiger partial charge in [-0.3, -0.25) is 4.79 Å². The molecule has 7 nitrogen and oxygen atoms in total. The molecular weight excluding hydrogens is 436 g/mol. The average molecular weight is 473 g/mol. The highest BCUT2D eigenvalue weighted by molar-refractivity contribution is 7.89. The molecule has 0 radical (unpaired) electrons. The highest BCUT2D eigenvalue weighted by Gasteiger charge is 2.27. The largest absolute Gasteiger partial charge is 0.371 e. The predicted octanol–water partition coefficient (Wildman–Crippen LogP) is 3.35. The first-order valence-corrected chi connectivity index (χ1v) is 13.1. The molecule has 2 aromatic carbocycles. The summed E-state index contributed by atoms with van der Waals surface area (Å²) in [5, 5.41) is 3.06. The molecule has 1 amide bonds. The number of hydrogen-bond acceptors (Lipinski definition) is 5. The van der Waals surface area contributed by atoms with Gasteiger partial charge in [-0.25, -0.2) is 8.42 Å². The van der Waals surface area contributed by atoms with Crippen molar-refractivity contribution in [1.82, 2.24) is 14.5 Å². The van der Waals surface area contributed by atoms with Crippen LogP contribution in [0.15, 0.2) is 53.4 Å². The fourth-order valence-corrected chi connectivity index (χ4v) is 5.85. The van der Waals surface area contributed by atoms with Gasteiger partial charge in [0.1, 0.15) is 0 Å². The molecule has 0 saturated carbocycles. The maximum atomic E-state index is 13.4. The summed E-state index contributed by atoms with van der Waals surface area (Å²) in [5.74, 6) is -0.253. The number of benzene rings is 2. The average Bonchev–Trinajstić information content (AvgIpc) is 3.34. The molecule has 1 heterocycles. The molecule has 3 rings (SSSR count). The molecule has 8 heteroatoms. The van der Waals surface area contributed by atoms with Crippen molar-refractivity contribution >= 4 is 21.6 Å². The van der Waals surface area contributed by atoms with Crippen molar-refractivity contribution in [2.75, 3.05) is 51.7 Å². The van der Waals surface area contributed by atoms with E-state index in [-0.39, 0.29) is 16.8 Å². The van der Waals surface area contributed by atoms with Crippen LogP contribution in [0.2, 0.25) is 0 Å². The van der Waals surface area contributed by atoms with Crippen LogP contribution in [0, 0.1) is 0 Å². The van der Waals surface area contributed by atoms with Crippen molar-refractivity contribution in [3.05, 3.63) is 59.7 Å². The number of sulfonamides is 1. The molecule has 1 fully saturated rings. The number of amides is 1. The molecule has 1 aliphatic heterocycles. The Bertz CT molecular complexity index is 1030. The number of rotatable bonds is 10. The monoisotopic (exact) mass is 472 g/mol. The molecule has 0 bridgehead atoms. The Morgan fingerprint density at radius 1 is 1.03 bits per heavy atom. The lowest BCUT2D eigenvalue weighted by Crippen LogP contribution is -2.36. The summed E-state index contributed by atoms with van der Waals surface area (Å²) >= 11 is 0. The Balaban J connectivity index is 1.92. The highest BCUT2D eigenvalue weighted by Crippen LogP contribution is 2.29. The van der Waals surface area contributed by atoms with Crippen LogP contribution in [0.3, 0.4) is 0 Å². The van der Waals surface area contributed by atoms with Crippen LogP contribution in [0.25, 0.3) is 0 Å². The van der Waals surface area contributed by atoms with Gasteiger partial charge in [-0.15, -0.1) is 0 Å². The number of nitrogens with zero attached hydrogens (tertiary/aromatic N) is 3. The van der Waals surface area contributed by atoms with Crippen molar-refractivity contribution in [2.24, 2.45) is 0 Å². The van der Waals surface area contributed by atoms with Gasteiger partial charge in [-0.1, -0.05) is 44.2 Å². The Morgan fingerprint density at radius 3 is 2.24 bits per heavy atom. The second kappa shape index (κ2) is 11.1. The molecule has 33 heavy (non-hydrogen) atoms. The summed E-state index contributed by atoms with van der Waals surface area (Å²) in [6, 6.07) is 15.0. The number of hydrogen-bond donors (Lipinski definition) is 1. The van der Waals surface area contributed by atoms with E-state index in [1.54, 1.807) is 18.2 Å². The number of carbonyl (C=O) groups excluding carboxylic acids is 1. The summed E-state index contributed by atoms with van der Waals surface area (Å²) in [6.45, 7) is 6.56. The number of nitrogens with one attached hydrogen (secondary N) is 1. The van der Waals surface area contributed by atoms with Crippen LogP contribution < -0.4 is 10.2 Å². The van der Waals surface area contributed by atoms with E-state index < -0.39 is 10.0 Å². The van der Waals surface area contributed by atoms with E-state index in [1.165, 1.54) is 4.31 Å². The maximum absolute atomic E-state index is 13.4. The molecule has 1 unspecified atom stereocenters. The lowest BCUT2D eigenvalue weighted by atomic mass is 10.1. The van der Waals surface area contributed by atoms with Crippen molar-refractivity contribution in [1.29, 1.82) is 0 Å². The van der Waals surface area contributed by atoms with E-state index in [1.807, 2.05) is 58.3 Å². The predicted molar refractivity (Wildman–Crippen MR) is 133 cm³/mol. The Labute approximate surface area is 198 Å². The summed E-state index contributed by atoms with van der Waals surface area (Å²) < 4.78 is 27.6. The highest BCUT2D eigenvalue weighted by atomic mass is 32.2. The summed E-state index contributed by atoms with van der Waals surface area (Å²) in [5.41, 5.74) is 2.32. The zero-order valence-corrected chi connectivity index (χ0v) is 20.9. The van der Waals surface area contributed by atoms with Crippen LogP contribution >= 0.6 is 0 Å². The third kappa shape index (κ3) is 5.75. The van der Waals surface area contributed by atoms with Gasteiger partial charge >= 0.3 is 0 Å². The van der Waals surface area contributed by atoms with Gasteiger partial charge in [0.25, 0.3) is 5.91 Å². The van der Waals surface area contributed by atoms with Crippen LogP contribution in [0.5, 0.6) is 0 Å². The first-order chi connectivity index (χ1) is 15.8. The molecular formula is C25H36N4O3S. The molecule has 180 valence electrons. The molecule has 1 atom stereocenters. The van der Waals surface area contributed by atoms with Gasteiger partial charge in [-0.2, -0.15) is 4.31 Å². The standard InChI is InChI=1S/C25H36N4O3S/c1-5-29(6-2)33(31,32)21-14-15-23(28-16-10-11-17-28)22(18-21)25(30)26-19-24(27(3)4)20-12-8-7-9-13-20/h7-9,12-15,18,24H,5-6,10-11,16-17,19H2,1-4H3,(H,26,30). The zero-order valence-electron chi connectivity index (χ0n) is 20.1. The van der Waals surface area contributed by atoms with Crippen LogP contribution in [-0.2, 0) is 10.0 Å². The van der Waals surface area contributed by atoms with E-state index in [0.717, 1.165) is 37.2 Å². The van der Waals surface area contributed by atoms with Gasteiger partial charge in [0.15, 0.2) is 0 Å². The van der Waals surface area contributed by atoms with Crippen molar-refractivity contribution in [3.63, 3.8) is 0 Å². The van der Waals surface area contributed by atoms with Gasteiger partial charge in [0.05, 0.1) is 16.5 Å². The maximum Gasteiger partial charge on any atom is 0.253 e. The van der Waals surface area contributed by atoms with Crippen LogP contribution in [0.1, 0.15) is 48.7 Å². The van der Waals surface area contributed by atoms with E-state index in [4.69, 9.17) is 0 Å². The lowest BCUT2D eigenvalue weighted by Gasteiger charge is -2.26. The molecule has 0 aromatic heterocycles. The quantitative estimate of drug-likeness (QED) is 0.574. The van der Waals surface area contributed by atoms with Gasteiger partial charge in [0.2, 0.25) is 10.0 Å². The fraction of sp³-hybridized carbons (Fsp3) is 0.480. The van der Waals surface area contributed by atoms with Crippen LogP contribution in [0.4, 0.5) is 5.69 Å². The first-order valence-electron chi connectivity index (χ1n) is 11.7. The Hall–Kier alpha value is -2.42. The molecule has 1 aliphatic rings. The smallest absolute Gasteiger partial charge is 0.253 e. The first kappa shape index (κ1) is 25.2. The normalized spacial score (nSPS) is 15.3. The second-order valence-electron chi connectivity index (χ2n) is 8.56. The van der Waals surface area contributed by atoms with E-state index in [9.17, 15) is 13.2 Å². The van der Waals surface area contributed by atoms with Crippen molar-refractivity contribution in [3.8, 4) is 0 Å². The van der Waals surface area contributed by atoms with Crippen molar-refractivity contribution < 1.29 is 13.2 Å². The van der Waals surface area contributed by atoms with E-state index >= 15 is 0 Å². The minimum atomic E-state index is -3.66. The van der Waals surface area contributed by atoms with Gasteiger partial charge in [-0.05, 0) is 50.7 Å². The molecule has 1 saturated heterocycles. The van der Waals surface area contributed by atoms with Gasteiger partial charge < -0.3 is 15.1 Å². The molecule has 0 spiro atoms. The van der Waals surface area contributed by atoms with Gasteiger partial charge in [0, 0.05) is 38.4 Å². The minimum Gasteiger partial charge on any atom is -0.371 e. The number of anilines is 1. The summed E-state index contributed by atoms with van der Waals surface area (Å²) in [6.07, 6.45) is 2.13.